The predicted octanol–water partition coefficient (Wildman–Crippen LogP) is 4.45. The van der Waals surface area contributed by atoms with Crippen molar-refractivity contribution >= 4 is 72.5 Å². The van der Waals surface area contributed by atoms with E-state index in [2.05, 4.69) is 43.1 Å². The van der Waals surface area contributed by atoms with Gasteiger partial charge < -0.3 is 4.90 Å². The van der Waals surface area contributed by atoms with E-state index in [1.807, 2.05) is 0 Å². The highest BCUT2D eigenvalue weighted by Gasteiger charge is 2.21. The van der Waals surface area contributed by atoms with Gasteiger partial charge in [0.15, 0.2) is 5.82 Å². The van der Waals surface area contributed by atoms with E-state index in [1.54, 1.807) is 29.6 Å². The van der Waals surface area contributed by atoms with Crippen molar-refractivity contribution in [2.24, 2.45) is 0 Å². The Bertz CT molecular complexity index is 589. The van der Waals surface area contributed by atoms with Gasteiger partial charge in [0.25, 0.3) is 0 Å². The van der Waals surface area contributed by atoms with Crippen LogP contribution in [0, 0.1) is 5.82 Å². The van der Waals surface area contributed by atoms with Crippen LogP contribution in [0.15, 0.2) is 10.7 Å². The number of nitrogens with zero attached hydrogens (tertiary/aromatic N) is 3. The number of rotatable bonds is 2. The highest BCUT2D eigenvalue weighted by atomic mass is 127. The molecule has 2 rings (SSSR count). The molecule has 1 unspecified atom stereocenters. The molecule has 0 amide bonds. The second kappa shape index (κ2) is 5.15. The van der Waals surface area contributed by atoms with Gasteiger partial charge in [0.05, 0.1) is 22.1 Å². The molecule has 0 bridgehead atoms. The molecule has 8 heteroatoms. The molecule has 1 aromatic heterocycles. The van der Waals surface area contributed by atoms with E-state index in [4.69, 9.17) is 11.6 Å². The standard InChI is InChI=1S/C9H8BrClFIN3P/c1-15(2)9-7(12)6(11)5(10)4-3-14-16(17-13)8(4)9/h3,17H,1-2H3. The van der Waals surface area contributed by atoms with Crippen molar-refractivity contribution in [3.8, 4) is 0 Å². The third-order valence-corrected chi connectivity index (χ3v) is 5.63. The second-order valence-electron chi connectivity index (χ2n) is 3.59. The molecule has 1 aromatic carbocycles. The molecule has 0 aliphatic heterocycles. The maximum absolute atomic E-state index is 14.2. The van der Waals surface area contributed by atoms with Crippen LogP contribution in [0.1, 0.15) is 0 Å². The largest absolute Gasteiger partial charge is 0.373 e. The lowest BCUT2D eigenvalue weighted by Crippen LogP contribution is -2.12. The van der Waals surface area contributed by atoms with Crippen LogP contribution in [0.4, 0.5) is 10.1 Å². The Labute approximate surface area is 126 Å². The average molecular weight is 450 g/mol. The molecule has 1 heterocycles. The fourth-order valence-corrected chi connectivity index (χ4v) is 3.80. The van der Waals surface area contributed by atoms with Crippen molar-refractivity contribution in [1.82, 2.24) is 9.55 Å². The van der Waals surface area contributed by atoms with Gasteiger partial charge in [-0.25, -0.2) is 8.84 Å². The van der Waals surface area contributed by atoms with Gasteiger partial charge in [-0.1, -0.05) is 11.6 Å². The highest BCUT2D eigenvalue weighted by Crippen LogP contribution is 2.43. The number of aromatic nitrogens is 2. The number of anilines is 1. The molecule has 0 saturated carbocycles. The molecule has 0 radical (unpaired) electrons. The van der Waals surface area contributed by atoms with E-state index >= 15 is 0 Å². The lowest BCUT2D eigenvalue weighted by Gasteiger charge is -2.17. The van der Waals surface area contributed by atoms with Gasteiger partial charge in [-0.15, -0.1) is 0 Å². The average Bonchev–Trinajstić information content (AvgIpc) is 2.69. The van der Waals surface area contributed by atoms with Crippen LogP contribution in [-0.2, 0) is 0 Å². The Balaban J connectivity index is 2.97. The van der Waals surface area contributed by atoms with Crippen LogP contribution in [0.2, 0.25) is 5.02 Å². The number of hydrogen-bond donors (Lipinski definition) is 0. The van der Waals surface area contributed by atoms with E-state index in [1.165, 1.54) is 0 Å². The zero-order valence-electron chi connectivity index (χ0n) is 8.93. The van der Waals surface area contributed by atoms with Crippen molar-refractivity contribution in [2.75, 3.05) is 19.0 Å². The van der Waals surface area contributed by atoms with Crippen LogP contribution >= 0.6 is 55.9 Å². The monoisotopic (exact) mass is 449 g/mol. The van der Waals surface area contributed by atoms with Gasteiger partial charge in [-0.05, 0) is 38.0 Å². The maximum Gasteiger partial charge on any atom is 0.168 e. The second-order valence-corrected chi connectivity index (χ2v) is 6.80. The normalized spacial score (nSPS) is 11.9. The summed E-state index contributed by atoms with van der Waals surface area (Å²) in [7, 11) is 3.57. The van der Waals surface area contributed by atoms with Gasteiger partial charge in [0.1, 0.15) is 11.2 Å². The van der Waals surface area contributed by atoms with E-state index < -0.39 is 5.82 Å². The number of fused-ring (bicyclic) bond motifs is 1. The first-order chi connectivity index (χ1) is 7.99. The SMILES string of the molecule is CN(C)c1c(F)c(Cl)c(Br)c2cnn(PI)c12. The van der Waals surface area contributed by atoms with Crippen LogP contribution < -0.4 is 4.90 Å². The number of halogens is 4. The molecular formula is C9H8BrClFIN3P. The van der Waals surface area contributed by atoms with E-state index in [0.717, 1.165) is 10.9 Å². The topological polar surface area (TPSA) is 21.1 Å². The molecule has 0 fully saturated rings. The smallest absolute Gasteiger partial charge is 0.168 e. The molecule has 92 valence electrons. The molecule has 0 aliphatic carbocycles. The lowest BCUT2D eigenvalue weighted by molar-refractivity contribution is 0.627. The molecule has 0 spiro atoms. The first-order valence-electron chi connectivity index (χ1n) is 4.57. The highest BCUT2D eigenvalue weighted by molar-refractivity contribution is 14.2. The van der Waals surface area contributed by atoms with Crippen molar-refractivity contribution < 1.29 is 4.39 Å². The first-order valence-corrected chi connectivity index (χ1v) is 9.80. The summed E-state index contributed by atoms with van der Waals surface area (Å²) in [5, 5.41) is 5.16. The minimum Gasteiger partial charge on any atom is -0.373 e. The zero-order chi connectivity index (χ0) is 12.7. The lowest BCUT2D eigenvalue weighted by atomic mass is 10.2. The molecule has 1 atom stereocenters. The Morgan fingerprint density at radius 1 is 1.59 bits per heavy atom. The van der Waals surface area contributed by atoms with E-state index in [9.17, 15) is 4.39 Å². The Morgan fingerprint density at radius 2 is 2.24 bits per heavy atom. The Kier molecular flexibility index (Phi) is 4.17. The summed E-state index contributed by atoms with van der Waals surface area (Å²) < 4.78 is 16.5. The summed E-state index contributed by atoms with van der Waals surface area (Å²) >= 11 is 11.5. The fourth-order valence-electron chi connectivity index (χ4n) is 1.63. The molecular weight excluding hydrogens is 442 g/mol. The number of benzene rings is 1. The van der Waals surface area contributed by atoms with E-state index in [0.29, 0.717) is 16.5 Å². The van der Waals surface area contributed by atoms with Crippen molar-refractivity contribution in [2.45, 2.75) is 0 Å². The predicted molar refractivity (Wildman–Crippen MR) is 84.5 cm³/mol. The van der Waals surface area contributed by atoms with Gasteiger partial charge in [0.2, 0.25) is 0 Å². The summed E-state index contributed by atoms with van der Waals surface area (Å²) in [6, 6.07) is 0. The number of hydrogen-bond acceptors (Lipinski definition) is 2. The molecule has 0 saturated heterocycles. The molecule has 3 nitrogen and oxygen atoms in total. The zero-order valence-corrected chi connectivity index (χ0v) is 14.4. The van der Waals surface area contributed by atoms with Gasteiger partial charge >= 0.3 is 0 Å². The van der Waals surface area contributed by atoms with Crippen LogP contribution in [-0.4, -0.2) is 23.6 Å². The summed E-state index contributed by atoms with van der Waals surface area (Å²) in [5.41, 5.74) is 1.23. The summed E-state index contributed by atoms with van der Waals surface area (Å²) in [6.45, 7) is 0. The molecule has 2 aromatic rings. The van der Waals surface area contributed by atoms with Crippen LogP contribution in [0.5, 0.6) is 0 Å². The summed E-state index contributed by atoms with van der Waals surface area (Å²) in [5.74, 6) is -0.424. The third-order valence-electron chi connectivity index (χ3n) is 2.35. The van der Waals surface area contributed by atoms with Crippen molar-refractivity contribution in [3.63, 3.8) is 0 Å². The maximum atomic E-state index is 14.2. The van der Waals surface area contributed by atoms with Gasteiger partial charge in [-0.3, -0.25) is 0 Å². The minimum atomic E-state index is -0.424. The quantitative estimate of drug-likeness (QED) is 0.383. The summed E-state index contributed by atoms with van der Waals surface area (Å²) in [4.78, 5) is 1.71. The molecule has 0 aliphatic rings. The van der Waals surface area contributed by atoms with Gasteiger partial charge in [0, 0.05) is 19.5 Å². The molecule has 17 heavy (non-hydrogen) atoms. The van der Waals surface area contributed by atoms with E-state index in [-0.39, 0.29) is 5.02 Å². The summed E-state index contributed by atoms with van der Waals surface area (Å²) in [6.07, 6.45) is 2.10. The van der Waals surface area contributed by atoms with Gasteiger partial charge in [-0.2, -0.15) is 5.10 Å². The van der Waals surface area contributed by atoms with Crippen LogP contribution in [0.3, 0.4) is 0 Å². The first kappa shape index (κ1) is 13.8. The van der Waals surface area contributed by atoms with Crippen molar-refractivity contribution in [1.29, 1.82) is 0 Å². The van der Waals surface area contributed by atoms with Crippen molar-refractivity contribution in [3.05, 3.63) is 21.5 Å². The fraction of sp³-hybridized carbons (Fsp3) is 0.222. The Hall–Kier alpha value is 0.350. The molecule has 0 N–H and O–H groups in total. The van der Waals surface area contributed by atoms with Crippen LogP contribution in [0.25, 0.3) is 10.9 Å². The Morgan fingerprint density at radius 3 is 2.76 bits per heavy atom. The minimum absolute atomic E-state index is 0.0949. The third kappa shape index (κ3) is 2.17.